The standard InChI is InChI=1S/C12H18BrFN2/c13-5-3-1-2-4-6-15-8-11-7-12(14)10-16-9-11/h7,9-10,15H,1-6,8H2. The maximum absolute atomic E-state index is 12.8. The van der Waals surface area contributed by atoms with Crippen molar-refractivity contribution in [1.82, 2.24) is 10.3 Å². The van der Waals surface area contributed by atoms with Gasteiger partial charge in [0.2, 0.25) is 0 Å². The van der Waals surface area contributed by atoms with Gasteiger partial charge >= 0.3 is 0 Å². The Morgan fingerprint density at radius 1 is 1.19 bits per heavy atom. The molecule has 1 rings (SSSR count). The summed E-state index contributed by atoms with van der Waals surface area (Å²) in [5, 5.41) is 4.38. The first-order valence-corrected chi connectivity index (χ1v) is 6.81. The molecule has 1 heterocycles. The zero-order chi connectivity index (χ0) is 11.6. The van der Waals surface area contributed by atoms with E-state index in [0.717, 1.165) is 17.4 Å². The molecule has 2 nitrogen and oxygen atoms in total. The molecule has 0 unspecified atom stereocenters. The smallest absolute Gasteiger partial charge is 0.141 e. The molecule has 0 spiro atoms. The molecule has 0 bridgehead atoms. The average Bonchev–Trinajstić information content (AvgIpc) is 2.28. The van der Waals surface area contributed by atoms with Crippen LogP contribution >= 0.6 is 15.9 Å². The van der Waals surface area contributed by atoms with Gasteiger partial charge in [0.05, 0.1) is 6.20 Å². The Morgan fingerprint density at radius 2 is 2.00 bits per heavy atom. The fraction of sp³-hybridized carbons (Fsp3) is 0.583. The number of unbranched alkanes of at least 4 members (excludes halogenated alkanes) is 3. The molecule has 0 fully saturated rings. The summed E-state index contributed by atoms with van der Waals surface area (Å²) in [5.41, 5.74) is 0.903. The van der Waals surface area contributed by atoms with Crippen LogP contribution in [0, 0.1) is 5.82 Å². The van der Waals surface area contributed by atoms with Crippen LogP contribution in [0.4, 0.5) is 4.39 Å². The van der Waals surface area contributed by atoms with Crippen LogP contribution in [0.1, 0.15) is 31.2 Å². The highest BCUT2D eigenvalue weighted by molar-refractivity contribution is 9.09. The number of hydrogen-bond acceptors (Lipinski definition) is 2. The Hall–Kier alpha value is -0.480. The van der Waals surface area contributed by atoms with E-state index in [1.807, 2.05) is 0 Å². The molecule has 0 amide bonds. The molecule has 0 aliphatic rings. The minimum Gasteiger partial charge on any atom is -0.313 e. The second-order valence-corrected chi connectivity index (χ2v) is 4.58. The molecule has 0 saturated heterocycles. The number of hydrogen-bond donors (Lipinski definition) is 1. The normalized spacial score (nSPS) is 10.6. The molecule has 16 heavy (non-hydrogen) atoms. The van der Waals surface area contributed by atoms with Crippen molar-refractivity contribution in [2.75, 3.05) is 11.9 Å². The molecule has 1 N–H and O–H groups in total. The number of alkyl halides is 1. The summed E-state index contributed by atoms with van der Waals surface area (Å²) in [4.78, 5) is 3.80. The minimum absolute atomic E-state index is 0.267. The maximum Gasteiger partial charge on any atom is 0.141 e. The largest absolute Gasteiger partial charge is 0.313 e. The molecule has 1 aromatic rings. The van der Waals surface area contributed by atoms with Crippen LogP contribution in [0.3, 0.4) is 0 Å². The summed E-state index contributed by atoms with van der Waals surface area (Å²) < 4.78 is 12.8. The van der Waals surface area contributed by atoms with Crippen molar-refractivity contribution in [3.8, 4) is 0 Å². The molecule has 0 saturated carbocycles. The zero-order valence-corrected chi connectivity index (χ0v) is 11.0. The van der Waals surface area contributed by atoms with Crippen molar-refractivity contribution in [2.45, 2.75) is 32.2 Å². The van der Waals surface area contributed by atoms with Crippen LogP contribution in [0.2, 0.25) is 0 Å². The Bertz CT molecular complexity index is 294. The second kappa shape index (κ2) is 8.65. The SMILES string of the molecule is Fc1cncc(CNCCCCCCBr)c1. The van der Waals surface area contributed by atoms with Crippen molar-refractivity contribution in [1.29, 1.82) is 0 Å². The number of halogens is 2. The predicted octanol–water partition coefficient (Wildman–Crippen LogP) is 3.27. The summed E-state index contributed by atoms with van der Waals surface area (Å²) in [6, 6.07) is 1.52. The quantitative estimate of drug-likeness (QED) is 0.587. The van der Waals surface area contributed by atoms with Gasteiger partial charge in [0.25, 0.3) is 0 Å². The van der Waals surface area contributed by atoms with E-state index in [2.05, 4.69) is 26.2 Å². The third kappa shape index (κ3) is 6.18. The molecule has 1 aromatic heterocycles. The molecular formula is C12H18BrFN2. The van der Waals surface area contributed by atoms with Crippen molar-refractivity contribution in [3.05, 3.63) is 29.8 Å². The summed E-state index contributed by atoms with van der Waals surface area (Å²) in [5.74, 6) is -0.267. The number of pyridine rings is 1. The van der Waals surface area contributed by atoms with Crippen molar-refractivity contribution in [3.63, 3.8) is 0 Å². The zero-order valence-electron chi connectivity index (χ0n) is 9.38. The molecule has 0 atom stereocenters. The third-order valence-corrected chi connectivity index (χ3v) is 2.89. The average molecular weight is 289 g/mol. The second-order valence-electron chi connectivity index (χ2n) is 3.79. The van der Waals surface area contributed by atoms with E-state index in [9.17, 15) is 4.39 Å². The highest BCUT2D eigenvalue weighted by atomic mass is 79.9. The van der Waals surface area contributed by atoms with Crippen molar-refractivity contribution >= 4 is 15.9 Å². The first kappa shape index (κ1) is 13.6. The molecule has 0 aromatic carbocycles. The van der Waals surface area contributed by atoms with Gasteiger partial charge in [-0.15, -0.1) is 0 Å². The molecule has 0 radical (unpaired) electrons. The topological polar surface area (TPSA) is 24.9 Å². The highest BCUT2D eigenvalue weighted by Crippen LogP contribution is 2.02. The van der Waals surface area contributed by atoms with Gasteiger partial charge < -0.3 is 5.32 Å². The van der Waals surface area contributed by atoms with E-state index in [4.69, 9.17) is 0 Å². The first-order valence-electron chi connectivity index (χ1n) is 5.69. The number of nitrogens with zero attached hydrogens (tertiary/aromatic N) is 1. The summed E-state index contributed by atoms with van der Waals surface area (Å²) in [7, 11) is 0. The maximum atomic E-state index is 12.8. The van der Waals surface area contributed by atoms with E-state index in [0.29, 0.717) is 6.54 Å². The Balaban J connectivity index is 2.03. The molecule has 0 aliphatic heterocycles. The van der Waals surface area contributed by atoms with Crippen LogP contribution in [0.25, 0.3) is 0 Å². The number of nitrogens with one attached hydrogen (secondary N) is 1. The molecule has 0 aliphatic carbocycles. The Morgan fingerprint density at radius 3 is 2.75 bits per heavy atom. The number of aromatic nitrogens is 1. The minimum atomic E-state index is -0.267. The lowest BCUT2D eigenvalue weighted by Crippen LogP contribution is -2.14. The van der Waals surface area contributed by atoms with E-state index in [-0.39, 0.29) is 5.82 Å². The van der Waals surface area contributed by atoms with Gasteiger partial charge in [-0.25, -0.2) is 4.39 Å². The van der Waals surface area contributed by atoms with Crippen LogP contribution < -0.4 is 5.32 Å². The van der Waals surface area contributed by atoms with Gasteiger partial charge in [0.1, 0.15) is 5.82 Å². The van der Waals surface area contributed by atoms with Gasteiger partial charge in [-0.3, -0.25) is 4.98 Å². The van der Waals surface area contributed by atoms with E-state index in [1.54, 1.807) is 6.20 Å². The van der Waals surface area contributed by atoms with Crippen molar-refractivity contribution in [2.24, 2.45) is 0 Å². The lowest BCUT2D eigenvalue weighted by molar-refractivity contribution is 0.590. The number of rotatable bonds is 8. The van der Waals surface area contributed by atoms with Gasteiger partial charge in [-0.1, -0.05) is 28.8 Å². The fourth-order valence-electron chi connectivity index (χ4n) is 1.48. The van der Waals surface area contributed by atoms with Gasteiger partial charge in [-0.2, -0.15) is 0 Å². The van der Waals surface area contributed by atoms with Gasteiger partial charge in [0.15, 0.2) is 0 Å². The monoisotopic (exact) mass is 288 g/mol. The molecular weight excluding hydrogens is 271 g/mol. The molecule has 4 heteroatoms. The lowest BCUT2D eigenvalue weighted by atomic mass is 10.2. The highest BCUT2D eigenvalue weighted by Gasteiger charge is 1.95. The van der Waals surface area contributed by atoms with E-state index < -0.39 is 0 Å². The van der Waals surface area contributed by atoms with Crippen LogP contribution in [0.15, 0.2) is 18.5 Å². The Labute approximate surface area is 105 Å². The van der Waals surface area contributed by atoms with Crippen molar-refractivity contribution < 1.29 is 4.39 Å². The third-order valence-electron chi connectivity index (χ3n) is 2.33. The van der Waals surface area contributed by atoms with E-state index >= 15 is 0 Å². The fourth-order valence-corrected chi connectivity index (χ4v) is 1.88. The van der Waals surface area contributed by atoms with Crippen LogP contribution in [0.5, 0.6) is 0 Å². The Kier molecular flexibility index (Phi) is 7.34. The predicted molar refractivity (Wildman–Crippen MR) is 68.2 cm³/mol. The van der Waals surface area contributed by atoms with E-state index in [1.165, 1.54) is 37.9 Å². The van der Waals surface area contributed by atoms with Crippen LogP contribution in [-0.4, -0.2) is 16.9 Å². The first-order chi connectivity index (χ1) is 7.83. The van der Waals surface area contributed by atoms with Gasteiger partial charge in [-0.05, 0) is 31.0 Å². The van der Waals surface area contributed by atoms with Crippen LogP contribution in [-0.2, 0) is 6.54 Å². The lowest BCUT2D eigenvalue weighted by Gasteiger charge is -2.04. The van der Waals surface area contributed by atoms with Gasteiger partial charge in [0, 0.05) is 18.1 Å². The summed E-state index contributed by atoms with van der Waals surface area (Å²) >= 11 is 3.41. The molecule has 90 valence electrons. The summed E-state index contributed by atoms with van der Waals surface area (Å²) in [6.07, 6.45) is 7.86. The summed E-state index contributed by atoms with van der Waals surface area (Å²) in [6.45, 7) is 1.68.